The van der Waals surface area contributed by atoms with E-state index in [0.717, 1.165) is 32.2 Å². The molecule has 1 saturated carbocycles. The Kier molecular flexibility index (Phi) is 6.02. The Balaban J connectivity index is 1.92. The average Bonchev–Trinajstić information content (AvgIpc) is 2.14. The monoisotopic (exact) mass is 232 g/mol. The van der Waals surface area contributed by atoms with Gasteiger partial charge >= 0.3 is 0 Å². The fourth-order valence-electron chi connectivity index (χ4n) is 1.75. The molecule has 0 spiro atoms. The Hall–Kier alpha value is 0.270. The van der Waals surface area contributed by atoms with Gasteiger partial charge in [0.25, 0.3) is 0 Å². The van der Waals surface area contributed by atoms with Crippen molar-refractivity contribution in [1.82, 2.24) is 0 Å². The SMILES string of the molecule is CC(C)COCCOCC1(CS)CCC1. The summed E-state index contributed by atoms with van der Waals surface area (Å²) in [6, 6.07) is 0. The number of ether oxygens (including phenoxy) is 2. The largest absolute Gasteiger partial charge is 0.379 e. The number of rotatable bonds is 8. The second-order valence-corrected chi connectivity index (χ2v) is 5.35. The minimum atomic E-state index is 0.390. The summed E-state index contributed by atoms with van der Waals surface area (Å²) in [5.74, 6) is 1.57. The molecule has 0 atom stereocenters. The van der Waals surface area contributed by atoms with Crippen LogP contribution in [0.1, 0.15) is 33.1 Å². The van der Waals surface area contributed by atoms with Crippen molar-refractivity contribution < 1.29 is 9.47 Å². The Morgan fingerprint density at radius 3 is 2.33 bits per heavy atom. The molecule has 0 aliphatic heterocycles. The number of thiol groups is 1. The molecule has 1 aliphatic rings. The molecule has 0 radical (unpaired) electrons. The lowest BCUT2D eigenvalue weighted by atomic mass is 9.71. The summed E-state index contributed by atoms with van der Waals surface area (Å²) in [6.45, 7) is 7.46. The van der Waals surface area contributed by atoms with Crippen LogP contribution in [0.5, 0.6) is 0 Å². The first kappa shape index (κ1) is 13.3. The molecule has 0 aromatic carbocycles. The molecule has 0 aromatic heterocycles. The van der Waals surface area contributed by atoms with Crippen LogP contribution in [-0.4, -0.2) is 32.2 Å². The lowest BCUT2D eigenvalue weighted by molar-refractivity contribution is -0.0192. The van der Waals surface area contributed by atoms with Gasteiger partial charge in [-0.1, -0.05) is 20.3 Å². The summed E-state index contributed by atoms with van der Waals surface area (Å²) < 4.78 is 11.1. The van der Waals surface area contributed by atoms with E-state index in [-0.39, 0.29) is 0 Å². The molecule has 3 heteroatoms. The third kappa shape index (κ3) is 4.75. The summed E-state index contributed by atoms with van der Waals surface area (Å²) in [5, 5.41) is 0. The van der Waals surface area contributed by atoms with Gasteiger partial charge in [-0.05, 0) is 24.5 Å². The van der Waals surface area contributed by atoms with Gasteiger partial charge in [0, 0.05) is 12.0 Å². The van der Waals surface area contributed by atoms with Crippen molar-refractivity contribution in [3.63, 3.8) is 0 Å². The van der Waals surface area contributed by atoms with Crippen molar-refractivity contribution in [3.8, 4) is 0 Å². The van der Waals surface area contributed by atoms with Gasteiger partial charge in [-0.2, -0.15) is 12.6 Å². The molecule has 1 fully saturated rings. The van der Waals surface area contributed by atoms with Crippen LogP contribution in [0.15, 0.2) is 0 Å². The normalized spacial score (nSPS) is 19.2. The molecule has 0 N–H and O–H groups in total. The molecule has 90 valence electrons. The van der Waals surface area contributed by atoms with Crippen molar-refractivity contribution in [2.45, 2.75) is 33.1 Å². The molecule has 15 heavy (non-hydrogen) atoms. The van der Waals surface area contributed by atoms with E-state index in [1.807, 2.05) is 0 Å². The van der Waals surface area contributed by atoms with Crippen LogP contribution in [0.25, 0.3) is 0 Å². The van der Waals surface area contributed by atoms with Crippen LogP contribution in [0.2, 0.25) is 0 Å². The van der Waals surface area contributed by atoms with Gasteiger partial charge in [0.1, 0.15) is 0 Å². The zero-order chi connectivity index (χ0) is 11.1. The molecule has 0 aromatic rings. The molecule has 0 amide bonds. The molecule has 1 aliphatic carbocycles. The summed E-state index contributed by atoms with van der Waals surface area (Å²) in [5.41, 5.74) is 0.390. The first-order valence-electron chi connectivity index (χ1n) is 5.95. The minimum absolute atomic E-state index is 0.390. The topological polar surface area (TPSA) is 18.5 Å². The summed E-state index contributed by atoms with van der Waals surface area (Å²) in [7, 11) is 0. The Morgan fingerprint density at radius 1 is 1.20 bits per heavy atom. The van der Waals surface area contributed by atoms with Crippen molar-refractivity contribution in [1.29, 1.82) is 0 Å². The average molecular weight is 232 g/mol. The van der Waals surface area contributed by atoms with E-state index >= 15 is 0 Å². The first-order chi connectivity index (χ1) is 7.18. The van der Waals surface area contributed by atoms with E-state index in [1.54, 1.807) is 0 Å². The van der Waals surface area contributed by atoms with Gasteiger partial charge in [0.05, 0.1) is 19.8 Å². The lowest BCUT2D eigenvalue weighted by Crippen LogP contribution is -2.36. The number of hydrogen-bond donors (Lipinski definition) is 1. The van der Waals surface area contributed by atoms with Gasteiger partial charge in [-0.25, -0.2) is 0 Å². The van der Waals surface area contributed by atoms with E-state index in [4.69, 9.17) is 9.47 Å². The van der Waals surface area contributed by atoms with Crippen LogP contribution >= 0.6 is 12.6 Å². The van der Waals surface area contributed by atoms with Crippen molar-refractivity contribution in [3.05, 3.63) is 0 Å². The van der Waals surface area contributed by atoms with E-state index in [9.17, 15) is 0 Å². The fourth-order valence-corrected chi connectivity index (χ4v) is 2.16. The molecule has 0 heterocycles. The maximum absolute atomic E-state index is 5.64. The third-order valence-corrected chi connectivity index (χ3v) is 3.65. The molecular weight excluding hydrogens is 208 g/mol. The van der Waals surface area contributed by atoms with Crippen LogP contribution in [0, 0.1) is 11.3 Å². The van der Waals surface area contributed by atoms with Crippen molar-refractivity contribution >= 4 is 12.6 Å². The van der Waals surface area contributed by atoms with Crippen LogP contribution in [-0.2, 0) is 9.47 Å². The van der Waals surface area contributed by atoms with Gasteiger partial charge < -0.3 is 9.47 Å². The highest BCUT2D eigenvalue weighted by Gasteiger charge is 2.35. The van der Waals surface area contributed by atoms with E-state index < -0.39 is 0 Å². The molecule has 0 bridgehead atoms. The van der Waals surface area contributed by atoms with Crippen molar-refractivity contribution in [2.75, 3.05) is 32.2 Å². The van der Waals surface area contributed by atoms with Gasteiger partial charge in [-0.3, -0.25) is 0 Å². The summed E-state index contributed by atoms with van der Waals surface area (Å²) >= 11 is 4.39. The van der Waals surface area contributed by atoms with Gasteiger partial charge in [0.15, 0.2) is 0 Å². The first-order valence-corrected chi connectivity index (χ1v) is 6.58. The van der Waals surface area contributed by atoms with E-state index in [1.165, 1.54) is 19.3 Å². The lowest BCUT2D eigenvalue weighted by Gasteiger charge is -2.40. The second-order valence-electron chi connectivity index (χ2n) is 5.03. The summed E-state index contributed by atoms with van der Waals surface area (Å²) in [6.07, 6.45) is 3.90. The van der Waals surface area contributed by atoms with Gasteiger partial charge in [0.2, 0.25) is 0 Å². The van der Waals surface area contributed by atoms with Crippen LogP contribution in [0.4, 0.5) is 0 Å². The Morgan fingerprint density at radius 2 is 1.87 bits per heavy atom. The standard InChI is InChI=1S/C12H24O2S/c1-11(2)8-13-6-7-14-9-12(10-15)4-3-5-12/h11,15H,3-10H2,1-2H3. The molecule has 0 unspecified atom stereocenters. The van der Waals surface area contributed by atoms with Crippen molar-refractivity contribution in [2.24, 2.45) is 11.3 Å². The zero-order valence-corrected chi connectivity index (χ0v) is 10.9. The molecule has 2 nitrogen and oxygen atoms in total. The quantitative estimate of drug-likeness (QED) is 0.512. The van der Waals surface area contributed by atoms with E-state index in [0.29, 0.717) is 11.3 Å². The van der Waals surface area contributed by atoms with Gasteiger partial charge in [-0.15, -0.1) is 0 Å². The minimum Gasteiger partial charge on any atom is -0.379 e. The fraction of sp³-hybridized carbons (Fsp3) is 1.00. The smallest absolute Gasteiger partial charge is 0.0700 e. The highest BCUT2D eigenvalue weighted by atomic mass is 32.1. The zero-order valence-electron chi connectivity index (χ0n) is 10.00. The maximum atomic E-state index is 5.64. The number of hydrogen-bond acceptors (Lipinski definition) is 3. The van der Waals surface area contributed by atoms with Crippen LogP contribution < -0.4 is 0 Å². The Bertz CT molecular complexity index is 161. The third-order valence-electron chi connectivity index (χ3n) is 2.98. The molecular formula is C12H24O2S. The molecule has 0 saturated heterocycles. The maximum Gasteiger partial charge on any atom is 0.0700 e. The predicted molar refractivity (Wildman–Crippen MR) is 66.6 cm³/mol. The van der Waals surface area contributed by atoms with E-state index in [2.05, 4.69) is 26.5 Å². The second kappa shape index (κ2) is 6.77. The molecule has 1 rings (SSSR count). The highest BCUT2D eigenvalue weighted by molar-refractivity contribution is 7.80. The summed E-state index contributed by atoms with van der Waals surface area (Å²) in [4.78, 5) is 0. The Labute approximate surface area is 99.1 Å². The highest BCUT2D eigenvalue weighted by Crippen LogP contribution is 2.41. The predicted octanol–water partition coefficient (Wildman–Crippen LogP) is 2.78. The van der Waals surface area contributed by atoms with Crippen LogP contribution in [0.3, 0.4) is 0 Å².